The molecule has 3 fully saturated rings. The fraction of sp³-hybridized carbons (Fsp3) is 0.882. The second-order valence-corrected chi connectivity index (χ2v) is 7.10. The normalized spacial score (nSPS) is 26.5. The van der Waals surface area contributed by atoms with E-state index < -0.39 is 17.6 Å². The quantitative estimate of drug-likeness (QED) is 0.506. The molecule has 1 spiro atoms. The van der Waals surface area contributed by atoms with E-state index in [9.17, 15) is 9.59 Å². The average Bonchev–Trinajstić information content (AvgIpc) is 3.03. The Balaban J connectivity index is 1.30. The molecular formula is C17H30N3O5+. The Morgan fingerprint density at radius 3 is 2.52 bits per heavy atom. The molecule has 1 atom stereocenters. The molecule has 0 unspecified atom stereocenters. The van der Waals surface area contributed by atoms with Gasteiger partial charge in [-0.2, -0.15) is 0 Å². The Kier molecular flexibility index (Phi) is 6.63. The number of carbonyl (C=O) groups is 2. The zero-order chi connectivity index (χ0) is 17.5. The summed E-state index contributed by atoms with van der Waals surface area (Å²) >= 11 is 0. The van der Waals surface area contributed by atoms with Gasteiger partial charge in [-0.3, -0.25) is 9.59 Å². The smallest absolute Gasteiger partial charge is 0.309 e. The van der Waals surface area contributed by atoms with Gasteiger partial charge in [0.15, 0.2) is 5.79 Å². The van der Waals surface area contributed by atoms with Crippen molar-refractivity contribution in [3.05, 3.63) is 0 Å². The Hall–Kier alpha value is -1.22. The lowest BCUT2D eigenvalue weighted by atomic mass is 9.94. The van der Waals surface area contributed by atoms with Crippen molar-refractivity contribution in [2.24, 2.45) is 0 Å². The topological polar surface area (TPSA) is 90.3 Å². The van der Waals surface area contributed by atoms with E-state index in [1.54, 1.807) is 0 Å². The fourth-order valence-electron chi connectivity index (χ4n) is 3.70. The van der Waals surface area contributed by atoms with E-state index in [1.807, 2.05) is 0 Å². The molecule has 2 saturated heterocycles. The number of hydrogen-bond donors (Lipinski definition) is 3. The molecular weight excluding hydrogens is 326 g/mol. The highest BCUT2D eigenvalue weighted by molar-refractivity contribution is 6.35. The number of quaternary nitrogens is 1. The molecule has 0 aromatic carbocycles. The summed E-state index contributed by atoms with van der Waals surface area (Å²) in [5.41, 5.74) is 0. The zero-order valence-corrected chi connectivity index (χ0v) is 14.8. The third-order valence-electron chi connectivity index (χ3n) is 5.19. The SMILES string of the molecule is O=C(NCC[NH+]1CCOCC1)C(=O)NC[C@H]1COC2(CCCCC2)O1. The van der Waals surface area contributed by atoms with Crippen LogP contribution in [0.15, 0.2) is 0 Å². The molecule has 0 aromatic heterocycles. The summed E-state index contributed by atoms with van der Waals surface area (Å²) in [6.45, 7) is 5.50. The van der Waals surface area contributed by atoms with Gasteiger partial charge < -0.3 is 29.7 Å². The van der Waals surface area contributed by atoms with Crippen molar-refractivity contribution < 1.29 is 28.7 Å². The Labute approximate surface area is 148 Å². The number of carbonyl (C=O) groups excluding carboxylic acids is 2. The Bertz CT molecular complexity index is 461. The number of ether oxygens (including phenoxy) is 3. The van der Waals surface area contributed by atoms with Crippen LogP contribution in [-0.4, -0.2) is 76.2 Å². The standard InChI is InChI=1S/C17H29N3O5/c21-15(18-6-7-20-8-10-23-11-9-20)16(22)19-12-14-13-24-17(25-14)4-2-1-3-5-17/h14H,1-13H2,(H,18,21)(H,19,22)/p+1/t14-/m0/s1. The van der Waals surface area contributed by atoms with Gasteiger partial charge >= 0.3 is 11.8 Å². The second-order valence-electron chi connectivity index (χ2n) is 7.10. The van der Waals surface area contributed by atoms with Crippen LogP contribution in [0.25, 0.3) is 0 Å². The maximum absolute atomic E-state index is 11.9. The zero-order valence-electron chi connectivity index (χ0n) is 14.8. The number of hydrogen-bond acceptors (Lipinski definition) is 5. The summed E-state index contributed by atoms with van der Waals surface area (Å²) in [5.74, 6) is -1.64. The molecule has 25 heavy (non-hydrogen) atoms. The molecule has 3 N–H and O–H groups in total. The molecule has 8 nitrogen and oxygen atoms in total. The summed E-state index contributed by atoms with van der Waals surface area (Å²) in [5, 5.41) is 5.33. The van der Waals surface area contributed by atoms with Crippen LogP contribution in [0.5, 0.6) is 0 Å². The molecule has 2 amide bonds. The molecule has 3 aliphatic rings. The van der Waals surface area contributed by atoms with Gasteiger partial charge in [0, 0.05) is 19.4 Å². The van der Waals surface area contributed by atoms with Crippen LogP contribution in [0.4, 0.5) is 0 Å². The van der Waals surface area contributed by atoms with Crippen molar-refractivity contribution in [2.45, 2.75) is 44.0 Å². The van der Waals surface area contributed by atoms with Gasteiger partial charge in [0.25, 0.3) is 0 Å². The second kappa shape index (κ2) is 8.93. The van der Waals surface area contributed by atoms with Crippen molar-refractivity contribution in [1.82, 2.24) is 10.6 Å². The molecule has 3 rings (SSSR count). The first-order valence-corrected chi connectivity index (χ1v) is 9.46. The summed E-state index contributed by atoms with van der Waals surface area (Å²) < 4.78 is 17.1. The highest BCUT2D eigenvalue weighted by Gasteiger charge is 2.42. The number of nitrogens with one attached hydrogen (secondary N) is 3. The van der Waals surface area contributed by atoms with Crippen LogP contribution in [-0.2, 0) is 23.8 Å². The van der Waals surface area contributed by atoms with Crippen molar-refractivity contribution in [1.29, 1.82) is 0 Å². The summed E-state index contributed by atoms with van der Waals surface area (Å²) in [4.78, 5) is 25.1. The lowest BCUT2D eigenvalue weighted by molar-refractivity contribution is -0.906. The molecule has 2 aliphatic heterocycles. The van der Waals surface area contributed by atoms with Gasteiger partial charge in [0.1, 0.15) is 19.2 Å². The summed E-state index contributed by atoms with van der Waals surface area (Å²) in [6, 6.07) is 0. The van der Waals surface area contributed by atoms with Crippen molar-refractivity contribution in [3.63, 3.8) is 0 Å². The van der Waals surface area contributed by atoms with E-state index in [0.717, 1.165) is 58.5 Å². The molecule has 2 heterocycles. The van der Waals surface area contributed by atoms with Gasteiger partial charge in [0.2, 0.25) is 0 Å². The maximum Gasteiger partial charge on any atom is 0.309 e. The van der Waals surface area contributed by atoms with E-state index in [4.69, 9.17) is 14.2 Å². The van der Waals surface area contributed by atoms with E-state index in [0.29, 0.717) is 19.7 Å². The van der Waals surface area contributed by atoms with Gasteiger partial charge in [-0.1, -0.05) is 6.42 Å². The van der Waals surface area contributed by atoms with E-state index in [2.05, 4.69) is 10.6 Å². The maximum atomic E-state index is 11.9. The Morgan fingerprint density at radius 1 is 1.04 bits per heavy atom. The number of amides is 2. The molecule has 1 aliphatic carbocycles. The highest BCUT2D eigenvalue weighted by atomic mass is 16.7. The molecule has 8 heteroatoms. The third kappa shape index (κ3) is 5.37. The van der Waals surface area contributed by atoms with Crippen molar-refractivity contribution >= 4 is 11.8 Å². The van der Waals surface area contributed by atoms with Crippen molar-refractivity contribution in [2.75, 3.05) is 52.5 Å². The van der Waals surface area contributed by atoms with Gasteiger partial charge in [-0.25, -0.2) is 0 Å². The van der Waals surface area contributed by atoms with Crippen LogP contribution < -0.4 is 15.5 Å². The minimum absolute atomic E-state index is 0.173. The van der Waals surface area contributed by atoms with Crippen LogP contribution in [0.3, 0.4) is 0 Å². The minimum Gasteiger partial charge on any atom is -0.370 e. The van der Waals surface area contributed by atoms with Gasteiger partial charge in [-0.05, 0) is 12.8 Å². The Morgan fingerprint density at radius 2 is 1.76 bits per heavy atom. The highest BCUT2D eigenvalue weighted by Crippen LogP contribution is 2.37. The third-order valence-corrected chi connectivity index (χ3v) is 5.19. The van der Waals surface area contributed by atoms with E-state index in [1.165, 1.54) is 11.3 Å². The molecule has 142 valence electrons. The first kappa shape index (κ1) is 18.6. The van der Waals surface area contributed by atoms with Crippen LogP contribution >= 0.6 is 0 Å². The van der Waals surface area contributed by atoms with E-state index in [-0.39, 0.29) is 6.10 Å². The average molecular weight is 356 g/mol. The summed E-state index contributed by atoms with van der Waals surface area (Å²) in [7, 11) is 0. The molecule has 0 radical (unpaired) electrons. The molecule has 1 saturated carbocycles. The monoisotopic (exact) mass is 356 g/mol. The molecule has 0 bridgehead atoms. The number of morpholine rings is 1. The van der Waals surface area contributed by atoms with Crippen molar-refractivity contribution in [3.8, 4) is 0 Å². The van der Waals surface area contributed by atoms with Gasteiger partial charge in [0.05, 0.1) is 32.9 Å². The number of rotatable bonds is 5. The van der Waals surface area contributed by atoms with Crippen LogP contribution in [0.2, 0.25) is 0 Å². The lowest BCUT2D eigenvalue weighted by Gasteiger charge is -2.31. The fourth-order valence-corrected chi connectivity index (χ4v) is 3.70. The predicted octanol–water partition coefficient (Wildman–Crippen LogP) is -1.79. The lowest BCUT2D eigenvalue weighted by Crippen LogP contribution is -3.14. The predicted molar refractivity (Wildman–Crippen MR) is 89.0 cm³/mol. The first-order valence-electron chi connectivity index (χ1n) is 9.46. The minimum atomic E-state index is -0.606. The van der Waals surface area contributed by atoms with Gasteiger partial charge in [-0.15, -0.1) is 0 Å². The largest absolute Gasteiger partial charge is 0.370 e. The first-order chi connectivity index (χ1) is 12.2. The molecule has 0 aromatic rings. The van der Waals surface area contributed by atoms with E-state index >= 15 is 0 Å². The summed E-state index contributed by atoms with van der Waals surface area (Å²) in [6.07, 6.45) is 5.12. The van der Waals surface area contributed by atoms with Crippen LogP contribution in [0, 0.1) is 0 Å². The van der Waals surface area contributed by atoms with Crippen LogP contribution in [0.1, 0.15) is 32.1 Å².